The van der Waals surface area contributed by atoms with E-state index in [1.165, 1.54) is 36.8 Å². The van der Waals surface area contributed by atoms with Crippen molar-refractivity contribution >= 4 is 6.01 Å². The van der Waals surface area contributed by atoms with Crippen LogP contribution in [0.5, 0.6) is 5.75 Å². The van der Waals surface area contributed by atoms with Gasteiger partial charge >= 0.3 is 6.01 Å². The molecular weight excluding hydrogens is 382 g/mol. The van der Waals surface area contributed by atoms with E-state index < -0.39 is 0 Å². The Hall–Kier alpha value is -2.12. The Morgan fingerprint density at radius 2 is 2.00 bits per heavy atom. The number of rotatable bonds is 3. The second kappa shape index (κ2) is 6.69. The Bertz CT molecular complexity index is 954. The van der Waals surface area contributed by atoms with Gasteiger partial charge in [0.15, 0.2) is 12.4 Å². The number of nitrogen functional groups attached to an aromatic ring is 1. The van der Waals surface area contributed by atoms with Crippen LogP contribution in [0.1, 0.15) is 62.0 Å². The Labute approximate surface area is 176 Å². The molecular formula is C23H29N3O4. The van der Waals surface area contributed by atoms with Crippen molar-refractivity contribution in [2.75, 3.05) is 18.9 Å². The molecule has 0 radical (unpaired) electrons. The number of hydrogen-bond acceptors (Lipinski definition) is 7. The van der Waals surface area contributed by atoms with Gasteiger partial charge in [-0.05, 0) is 73.1 Å². The topological polar surface area (TPSA) is 92.6 Å². The quantitative estimate of drug-likeness (QED) is 0.820. The number of anilines is 1. The van der Waals surface area contributed by atoms with Gasteiger partial charge in [0.05, 0.1) is 13.2 Å². The maximum Gasteiger partial charge on any atom is 0.312 e. The van der Waals surface area contributed by atoms with Crippen LogP contribution in [0.15, 0.2) is 22.6 Å². The predicted octanol–water partition coefficient (Wildman–Crippen LogP) is 3.83. The Kier molecular flexibility index (Phi) is 4.15. The number of ether oxygens (including phenoxy) is 3. The van der Waals surface area contributed by atoms with Crippen molar-refractivity contribution in [1.82, 2.24) is 10.2 Å². The van der Waals surface area contributed by atoms with Gasteiger partial charge < -0.3 is 24.4 Å². The maximum absolute atomic E-state index is 6.24. The van der Waals surface area contributed by atoms with Gasteiger partial charge in [0.1, 0.15) is 5.75 Å². The first-order chi connectivity index (χ1) is 14.6. The molecule has 0 amide bonds. The first-order valence-corrected chi connectivity index (χ1v) is 11.2. The summed E-state index contributed by atoms with van der Waals surface area (Å²) in [6.45, 7) is 4.16. The molecule has 1 aliphatic heterocycles. The average Bonchev–Trinajstić information content (AvgIpc) is 3.47. The predicted molar refractivity (Wildman–Crippen MR) is 109 cm³/mol. The third-order valence-electron chi connectivity index (χ3n) is 8.34. The minimum absolute atomic E-state index is 0.0662. The summed E-state index contributed by atoms with van der Waals surface area (Å²) in [5.41, 5.74) is 8.55. The number of nitrogens with zero attached hydrogens (tertiary/aromatic N) is 2. The van der Waals surface area contributed by atoms with Crippen molar-refractivity contribution in [2.24, 2.45) is 17.3 Å². The number of benzene rings is 1. The Morgan fingerprint density at radius 3 is 2.80 bits per heavy atom. The van der Waals surface area contributed by atoms with E-state index in [1.807, 2.05) is 0 Å². The molecule has 1 aromatic carbocycles. The van der Waals surface area contributed by atoms with Gasteiger partial charge in [0, 0.05) is 11.8 Å². The highest BCUT2D eigenvalue weighted by Gasteiger charge is 2.64. The zero-order valence-electron chi connectivity index (χ0n) is 17.4. The lowest BCUT2D eigenvalue weighted by atomic mass is 9.55. The summed E-state index contributed by atoms with van der Waals surface area (Å²) in [6.07, 6.45) is 6.99. The lowest BCUT2D eigenvalue weighted by Crippen LogP contribution is -2.51. The summed E-state index contributed by atoms with van der Waals surface area (Å²) >= 11 is 0. The Balaban J connectivity index is 1.21. The van der Waals surface area contributed by atoms with Crippen LogP contribution >= 0.6 is 0 Å². The van der Waals surface area contributed by atoms with E-state index in [0.29, 0.717) is 17.7 Å². The molecule has 7 nitrogen and oxygen atoms in total. The first-order valence-electron chi connectivity index (χ1n) is 11.2. The maximum atomic E-state index is 6.24. The van der Waals surface area contributed by atoms with Crippen LogP contribution in [0.25, 0.3) is 0 Å². The highest BCUT2D eigenvalue weighted by Crippen LogP contribution is 2.66. The standard InChI is InChI=1S/C23H29N3O4/c1-22-8-6-17-16-5-3-15(27-13-20-25-26-21(24)30-20)12-14(16)2-4-18(17)19(22)7-9-23(22)28-10-11-29-23/h3,5,12,17-19H,2,4,6-11,13H2,1H3,(H2,24,26)/t17-,18-,19+,22+/m1/s1. The van der Waals surface area contributed by atoms with E-state index in [9.17, 15) is 0 Å². The van der Waals surface area contributed by atoms with Gasteiger partial charge in [-0.3, -0.25) is 0 Å². The van der Waals surface area contributed by atoms with Crippen LogP contribution in [-0.2, 0) is 22.5 Å². The smallest absolute Gasteiger partial charge is 0.312 e. The van der Waals surface area contributed by atoms with E-state index in [4.69, 9.17) is 24.4 Å². The van der Waals surface area contributed by atoms with Crippen LogP contribution in [-0.4, -0.2) is 29.2 Å². The van der Waals surface area contributed by atoms with E-state index >= 15 is 0 Å². The second-order valence-electron chi connectivity index (χ2n) is 9.54. The van der Waals surface area contributed by atoms with E-state index in [0.717, 1.165) is 37.7 Å². The van der Waals surface area contributed by atoms with Gasteiger partial charge in [-0.15, -0.1) is 5.10 Å². The van der Waals surface area contributed by atoms with Crippen molar-refractivity contribution in [2.45, 2.75) is 63.8 Å². The lowest BCUT2D eigenvalue weighted by Gasteiger charge is -2.52. The van der Waals surface area contributed by atoms with Crippen LogP contribution in [0.2, 0.25) is 0 Å². The lowest BCUT2D eigenvalue weighted by molar-refractivity contribution is -0.237. The van der Waals surface area contributed by atoms with Gasteiger partial charge in [-0.2, -0.15) is 0 Å². The summed E-state index contributed by atoms with van der Waals surface area (Å²) in [6, 6.07) is 6.61. The van der Waals surface area contributed by atoms with Gasteiger partial charge in [0.25, 0.3) is 5.89 Å². The molecule has 7 heteroatoms. The molecule has 4 atom stereocenters. The van der Waals surface area contributed by atoms with Crippen molar-refractivity contribution in [3.05, 3.63) is 35.2 Å². The molecule has 2 aromatic rings. The molecule has 2 heterocycles. The number of aromatic nitrogens is 2. The number of hydrogen-bond donors (Lipinski definition) is 1. The molecule has 0 bridgehead atoms. The minimum Gasteiger partial charge on any atom is -0.484 e. The molecule has 0 unspecified atom stereocenters. The molecule has 1 spiro atoms. The Morgan fingerprint density at radius 1 is 1.13 bits per heavy atom. The van der Waals surface area contributed by atoms with Crippen LogP contribution in [0, 0.1) is 17.3 Å². The molecule has 1 aromatic heterocycles. The van der Waals surface area contributed by atoms with Crippen molar-refractivity contribution < 1.29 is 18.6 Å². The summed E-state index contributed by atoms with van der Waals surface area (Å²) in [5.74, 6) is 2.95. The number of fused-ring (bicyclic) bond motifs is 6. The highest BCUT2D eigenvalue weighted by atomic mass is 16.7. The van der Waals surface area contributed by atoms with Crippen molar-refractivity contribution in [3.8, 4) is 5.75 Å². The molecule has 6 rings (SSSR count). The zero-order chi connectivity index (χ0) is 20.3. The van der Waals surface area contributed by atoms with Gasteiger partial charge in [-0.25, -0.2) is 0 Å². The van der Waals surface area contributed by atoms with Crippen molar-refractivity contribution in [3.63, 3.8) is 0 Å². The molecule has 3 aliphatic carbocycles. The SMILES string of the molecule is C[C@]12CC[C@@H]3c4ccc(OCc5nnc(N)o5)cc4CC[C@H]3[C@@H]1CCC21OCCO1. The molecule has 3 fully saturated rings. The molecule has 160 valence electrons. The van der Waals surface area contributed by atoms with Gasteiger partial charge in [0.2, 0.25) is 0 Å². The molecule has 4 aliphatic rings. The summed E-state index contributed by atoms with van der Waals surface area (Å²) in [7, 11) is 0. The third kappa shape index (κ3) is 2.64. The molecule has 2 saturated carbocycles. The van der Waals surface area contributed by atoms with Crippen LogP contribution in [0.3, 0.4) is 0 Å². The minimum atomic E-state index is -0.321. The molecule has 1 saturated heterocycles. The summed E-state index contributed by atoms with van der Waals surface area (Å²) < 4.78 is 23.5. The number of nitrogens with two attached hydrogens (primary N) is 1. The van der Waals surface area contributed by atoms with E-state index in [1.54, 1.807) is 0 Å². The van der Waals surface area contributed by atoms with Crippen molar-refractivity contribution in [1.29, 1.82) is 0 Å². The van der Waals surface area contributed by atoms with E-state index in [2.05, 4.69) is 35.3 Å². The fourth-order valence-corrected chi connectivity index (χ4v) is 7.00. The summed E-state index contributed by atoms with van der Waals surface area (Å²) in [5, 5.41) is 7.52. The second-order valence-corrected chi connectivity index (χ2v) is 9.54. The highest BCUT2D eigenvalue weighted by molar-refractivity contribution is 5.41. The van der Waals surface area contributed by atoms with Gasteiger partial charge in [-0.1, -0.05) is 18.1 Å². The third-order valence-corrected chi connectivity index (χ3v) is 8.34. The zero-order valence-corrected chi connectivity index (χ0v) is 17.4. The average molecular weight is 412 g/mol. The summed E-state index contributed by atoms with van der Waals surface area (Å²) in [4.78, 5) is 0. The monoisotopic (exact) mass is 411 g/mol. The largest absolute Gasteiger partial charge is 0.484 e. The fourth-order valence-electron chi connectivity index (χ4n) is 7.00. The molecule has 30 heavy (non-hydrogen) atoms. The molecule has 2 N–H and O–H groups in total. The first kappa shape index (κ1) is 18.6. The normalized spacial score (nSPS) is 33.8. The fraction of sp³-hybridized carbons (Fsp3) is 0.652. The van der Waals surface area contributed by atoms with E-state index in [-0.39, 0.29) is 23.8 Å². The van der Waals surface area contributed by atoms with Crippen LogP contribution < -0.4 is 10.5 Å². The number of aryl methyl sites for hydroxylation is 1. The van der Waals surface area contributed by atoms with Crippen LogP contribution in [0.4, 0.5) is 6.01 Å².